The van der Waals surface area contributed by atoms with E-state index in [1.807, 2.05) is 0 Å². The second-order valence-corrected chi connectivity index (χ2v) is 9.74. The molecule has 0 aliphatic heterocycles. The fourth-order valence-electron chi connectivity index (χ4n) is 4.71. The second kappa shape index (κ2) is 8.74. The SMILES string of the molecule is C=C1CC(C)CCC(C)=CCCC2C=C2CC1CC(C)CCC1CC1. The molecule has 0 spiro atoms. The molecule has 0 saturated heterocycles. The number of fused-ring (bicyclic) bond motifs is 1. The summed E-state index contributed by atoms with van der Waals surface area (Å²) in [5.74, 6) is 4.29. The van der Waals surface area contributed by atoms with Crippen LogP contribution in [0.1, 0.15) is 91.4 Å². The molecule has 0 bridgehead atoms. The van der Waals surface area contributed by atoms with Crippen LogP contribution in [0.15, 0.2) is 35.5 Å². The van der Waals surface area contributed by atoms with Gasteiger partial charge in [0.2, 0.25) is 0 Å². The molecule has 25 heavy (non-hydrogen) atoms. The van der Waals surface area contributed by atoms with Crippen molar-refractivity contribution in [3.8, 4) is 0 Å². The van der Waals surface area contributed by atoms with Crippen LogP contribution in [0.2, 0.25) is 0 Å². The molecule has 0 heterocycles. The average Bonchev–Trinajstić information content (AvgIpc) is 3.46. The third kappa shape index (κ3) is 6.46. The highest BCUT2D eigenvalue weighted by Crippen LogP contribution is 2.43. The Kier molecular flexibility index (Phi) is 6.64. The molecule has 0 heteroatoms. The molecule has 0 aromatic heterocycles. The van der Waals surface area contributed by atoms with Gasteiger partial charge in [-0.15, -0.1) is 0 Å². The van der Waals surface area contributed by atoms with Gasteiger partial charge >= 0.3 is 0 Å². The summed E-state index contributed by atoms with van der Waals surface area (Å²) in [5.41, 5.74) is 4.90. The zero-order valence-corrected chi connectivity index (χ0v) is 17.0. The summed E-state index contributed by atoms with van der Waals surface area (Å²) in [6.07, 6.45) is 20.1. The molecule has 3 aliphatic rings. The largest absolute Gasteiger partial charge is 0.0996 e. The maximum Gasteiger partial charge on any atom is -0.00170 e. The third-order valence-electron chi connectivity index (χ3n) is 6.91. The second-order valence-electron chi connectivity index (χ2n) is 9.74. The van der Waals surface area contributed by atoms with Crippen molar-refractivity contribution in [1.29, 1.82) is 0 Å². The van der Waals surface area contributed by atoms with Gasteiger partial charge in [-0.1, -0.05) is 75.0 Å². The minimum absolute atomic E-state index is 0.739. The van der Waals surface area contributed by atoms with E-state index in [0.717, 1.165) is 29.6 Å². The van der Waals surface area contributed by atoms with Gasteiger partial charge in [-0.05, 0) is 81.5 Å². The van der Waals surface area contributed by atoms with Crippen molar-refractivity contribution in [1.82, 2.24) is 0 Å². The van der Waals surface area contributed by atoms with Crippen molar-refractivity contribution in [2.24, 2.45) is 29.6 Å². The lowest BCUT2D eigenvalue weighted by Crippen LogP contribution is -2.12. The molecular weight excluding hydrogens is 300 g/mol. The molecule has 0 amide bonds. The average molecular weight is 341 g/mol. The van der Waals surface area contributed by atoms with Crippen molar-refractivity contribution >= 4 is 0 Å². The van der Waals surface area contributed by atoms with Gasteiger partial charge in [0.25, 0.3) is 0 Å². The van der Waals surface area contributed by atoms with E-state index in [1.54, 1.807) is 16.7 Å². The first kappa shape index (κ1) is 19.0. The summed E-state index contributed by atoms with van der Waals surface area (Å²) in [6, 6.07) is 0. The smallest absolute Gasteiger partial charge is 0.00170 e. The molecular formula is C25H40. The Morgan fingerprint density at radius 1 is 1.16 bits per heavy atom. The van der Waals surface area contributed by atoms with Crippen LogP contribution < -0.4 is 0 Å². The fraction of sp³-hybridized carbons (Fsp3) is 0.760. The van der Waals surface area contributed by atoms with Crippen LogP contribution in [0.4, 0.5) is 0 Å². The van der Waals surface area contributed by atoms with Crippen LogP contribution in [-0.4, -0.2) is 0 Å². The fourth-order valence-corrected chi connectivity index (χ4v) is 4.71. The summed E-state index contributed by atoms with van der Waals surface area (Å²) in [4.78, 5) is 0. The molecule has 1 saturated carbocycles. The van der Waals surface area contributed by atoms with Crippen molar-refractivity contribution in [3.63, 3.8) is 0 Å². The Morgan fingerprint density at radius 3 is 2.72 bits per heavy atom. The Balaban J connectivity index is 1.57. The lowest BCUT2D eigenvalue weighted by molar-refractivity contribution is 0.374. The number of hydrogen-bond acceptors (Lipinski definition) is 0. The molecule has 0 nitrogen and oxygen atoms in total. The van der Waals surface area contributed by atoms with Gasteiger partial charge in [0.05, 0.1) is 0 Å². The van der Waals surface area contributed by atoms with E-state index in [2.05, 4.69) is 39.5 Å². The summed E-state index contributed by atoms with van der Waals surface area (Å²) < 4.78 is 0. The van der Waals surface area contributed by atoms with Crippen molar-refractivity contribution in [2.75, 3.05) is 0 Å². The van der Waals surface area contributed by atoms with Crippen LogP contribution in [0.5, 0.6) is 0 Å². The normalized spacial score (nSPS) is 32.4. The molecule has 0 radical (unpaired) electrons. The van der Waals surface area contributed by atoms with Crippen LogP contribution in [0.3, 0.4) is 0 Å². The number of hydrogen-bond donors (Lipinski definition) is 0. The number of rotatable bonds is 5. The Bertz CT molecular complexity index is 516. The highest BCUT2D eigenvalue weighted by Gasteiger charge is 2.29. The molecule has 140 valence electrons. The highest BCUT2D eigenvalue weighted by molar-refractivity contribution is 5.31. The lowest BCUT2D eigenvalue weighted by Gasteiger charge is -2.25. The van der Waals surface area contributed by atoms with E-state index in [1.165, 1.54) is 70.6 Å². The van der Waals surface area contributed by atoms with E-state index < -0.39 is 0 Å². The van der Waals surface area contributed by atoms with Crippen LogP contribution >= 0.6 is 0 Å². The van der Waals surface area contributed by atoms with Gasteiger partial charge in [0.1, 0.15) is 0 Å². The van der Waals surface area contributed by atoms with Crippen molar-refractivity contribution in [2.45, 2.75) is 91.4 Å². The predicted octanol–water partition coefficient (Wildman–Crippen LogP) is 7.87. The lowest BCUT2D eigenvalue weighted by atomic mass is 9.80. The van der Waals surface area contributed by atoms with Gasteiger partial charge in [0, 0.05) is 0 Å². The Morgan fingerprint density at radius 2 is 1.96 bits per heavy atom. The van der Waals surface area contributed by atoms with Gasteiger partial charge in [-0.3, -0.25) is 0 Å². The standard InChI is InChI=1S/C25H40/c1-18-6-5-7-23-16-25(23)17-24(21(4)14-19(2)9-8-18)15-20(3)10-11-22-12-13-22/h6,16,19-20,22-24H,4-5,7-15,17H2,1-3H3. The summed E-state index contributed by atoms with van der Waals surface area (Å²) >= 11 is 0. The molecule has 3 rings (SSSR count). The molecule has 4 atom stereocenters. The molecule has 0 N–H and O–H groups in total. The molecule has 0 aromatic rings. The van der Waals surface area contributed by atoms with Crippen molar-refractivity contribution < 1.29 is 0 Å². The molecule has 4 unspecified atom stereocenters. The van der Waals surface area contributed by atoms with Gasteiger partial charge in [-0.2, -0.15) is 0 Å². The predicted molar refractivity (Wildman–Crippen MR) is 111 cm³/mol. The van der Waals surface area contributed by atoms with Crippen molar-refractivity contribution in [3.05, 3.63) is 35.5 Å². The van der Waals surface area contributed by atoms with Crippen LogP contribution in [-0.2, 0) is 0 Å². The molecule has 3 aliphatic carbocycles. The zero-order valence-electron chi connectivity index (χ0n) is 17.0. The van der Waals surface area contributed by atoms with E-state index in [9.17, 15) is 0 Å². The quantitative estimate of drug-likeness (QED) is 0.447. The van der Waals surface area contributed by atoms with E-state index in [4.69, 9.17) is 0 Å². The monoisotopic (exact) mass is 340 g/mol. The minimum Gasteiger partial charge on any atom is -0.0996 e. The van der Waals surface area contributed by atoms with Gasteiger partial charge < -0.3 is 0 Å². The number of allylic oxidation sites excluding steroid dienone is 5. The Labute approximate surface area is 156 Å². The first-order valence-corrected chi connectivity index (χ1v) is 11.0. The summed E-state index contributed by atoms with van der Waals surface area (Å²) in [5, 5.41) is 0. The first-order valence-electron chi connectivity index (χ1n) is 11.0. The zero-order chi connectivity index (χ0) is 17.8. The maximum atomic E-state index is 4.59. The van der Waals surface area contributed by atoms with E-state index >= 15 is 0 Å². The minimum atomic E-state index is 0.739. The maximum absolute atomic E-state index is 4.59. The van der Waals surface area contributed by atoms with Crippen LogP contribution in [0.25, 0.3) is 0 Å². The molecule has 1 fully saturated rings. The topological polar surface area (TPSA) is 0 Å². The first-order chi connectivity index (χ1) is 12.0. The third-order valence-corrected chi connectivity index (χ3v) is 6.91. The van der Waals surface area contributed by atoms with Crippen LogP contribution in [0, 0.1) is 29.6 Å². The van der Waals surface area contributed by atoms with E-state index in [0.29, 0.717) is 0 Å². The van der Waals surface area contributed by atoms with Gasteiger partial charge in [0.15, 0.2) is 0 Å². The Hall–Kier alpha value is -0.780. The highest BCUT2D eigenvalue weighted by atomic mass is 14.3. The summed E-state index contributed by atoms with van der Waals surface area (Å²) in [7, 11) is 0. The van der Waals surface area contributed by atoms with Gasteiger partial charge in [-0.25, -0.2) is 0 Å². The summed E-state index contributed by atoms with van der Waals surface area (Å²) in [6.45, 7) is 11.8. The van der Waals surface area contributed by atoms with E-state index in [-0.39, 0.29) is 0 Å². The molecule has 0 aromatic carbocycles.